The van der Waals surface area contributed by atoms with Gasteiger partial charge in [-0.3, -0.25) is 0 Å². The number of nitrogen functional groups attached to an aromatic ring is 1. The monoisotopic (exact) mass is 221 g/mol. The van der Waals surface area contributed by atoms with Crippen LogP contribution >= 0.6 is 0 Å². The minimum absolute atomic E-state index is 0.00727. The lowest BCUT2D eigenvalue weighted by molar-refractivity contribution is -0.275. The second-order valence-corrected chi connectivity index (χ2v) is 2.87. The third-order valence-electron chi connectivity index (χ3n) is 1.72. The molecule has 1 rings (SSSR count). The van der Waals surface area contributed by atoms with Crippen LogP contribution in [0, 0.1) is 6.92 Å². The first-order chi connectivity index (χ1) is 6.83. The van der Waals surface area contributed by atoms with Crippen LogP contribution in [0.4, 0.5) is 19.0 Å². The van der Waals surface area contributed by atoms with Gasteiger partial charge in [0.2, 0.25) is 0 Å². The zero-order valence-electron chi connectivity index (χ0n) is 7.93. The average Bonchev–Trinajstić information content (AvgIpc) is 2.07. The van der Waals surface area contributed by atoms with Crippen LogP contribution in [0.3, 0.4) is 0 Å². The summed E-state index contributed by atoms with van der Waals surface area (Å²) in [5.74, 6) is -0.262. The van der Waals surface area contributed by atoms with E-state index in [-0.39, 0.29) is 23.8 Å². The number of ether oxygens (including phenoxy) is 1. The van der Waals surface area contributed by atoms with Gasteiger partial charge in [-0.15, -0.1) is 13.2 Å². The van der Waals surface area contributed by atoms with E-state index in [0.29, 0.717) is 5.56 Å². The molecule has 1 aromatic heterocycles. The summed E-state index contributed by atoms with van der Waals surface area (Å²) in [7, 11) is 0. The smallest absolute Gasteiger partial charge is 0.404 e. The Morgan fingerprint density at radius 3 is 2.53 bits per heavy atom. The largest absolute Gasteiger partial charge is 0.573 e. The first kappa shape index (κ1) is 11.6. The molecular formula is C8H10F3N3O. The number of nitrogens with zero attached hydrogens (tertiary/aromatic N) is 1. The molecule has 0 amide bonds. The highest BCUT2D eigenvalue weighted by Crippen LogP contribution is 2.27. The van der Waals surface area contributed by atoms with Gasteiger partial charge in [-0.05, 0) is 13.0 Å². The van der Waals surface area contributed by atoms with Crippen molar-refractivity contribution in [3.63, 3.8) is 0 Å². The number of hydrogen-bond donors (Lipinski definition) is 2. The van der Waals surface area contributed by atoms with Gasteiger partial charge in [0.05, 0.1) is 5.69 Å². The van der Waals surface area contributed by atoms with Gasteiger partial charge in [0.1, 0.15) is 5.82 Å². The first-order valence-corrected chi connectivity index (χ1v) is 4.05. The van der Waals surface area contributed by atoms with Crippen molar-refractivity contribution in [1.82, 2.24) is 4.98 Å². The molecule has 4 N–H and O–H groups in total. The normalized spacial score (nSPS) is 11.5. The molecule has 0 atom stereocenters. The van der Waals surface area contributed by atoms with Crippen molar-refractivity contribution in [2.45, 2.75) is 19.8 Å². The van der Waals surface area contributed by atoms with Gasteiger partial charge in [-0.1, -0.05) is 0 Å². The molecular weight excluding hydrogens is 211 g/mol. The highest BCUT2D eigenvalue weighted by atomic mass is 19.4. The predicted octanol–water partition coefficient (Wildman–Crippen LogP) is 1.33. The van der Waals surface area contributed by atoms with Crippen LogP contribution in [0.5, 0.6) is 5.75 Å². The summed E-state index contributed by atoms with van der Waals surface area (Å²) in [6, 6.07) is 1.14. The number of rotatable bonds is 2. The van der Waals surface area contributed by atoms with Gasteiger partial charge in [0.25, 0.3) is 0 Å². The molecule has 4 nitrogen and oxygen atoms in total. The Kier molecular flexibility index (Phi) is 3.04. The summed E-state index contributed by atoms with van der Waals surface area (Å²) in [5.41, 5.74) is 11.1. The molecule has 7 heteroatoms. The quantitative estimate of drug-likeness (QED) is 0.790. The summed E-state index contributed by atoms with van der Waals surface area (Å²) in [6.07, 6.45) is -4.74. The fraction of sp³-hybridized carbons (Fsp3) is 0.375. The van der Waals surface area contributed by atoms with Gasteiger partial charge in [0, 0.05) is 12.1 Å². The fourth-order valence-electron chi connectivity index (χ4n) is 1.04. The highest BCUT2D eigenvalue weighted by molar-refractivity contribution is 5.46. The minimum atomic E-state index is -4.74. The third-order valence-corrected chi connectivity index (χ3v) is 1.72. The lowest BCUT2D eigenvalue weighted by Crippen LogP contribution is -2.19. The average molecular weight is 221 g/mol. The van der Waals surface area contributed by atoms with E-state index in [1.807, 2.05) is 0 Å². The predicted molar refractivity (Wildman–Crippen MR) is 48.0 cm³/mol. The van der Waals surface area contributed by atoms with Crippen molar-refractivity contribution < 1.29 is 17.9 Å². The molecule has 0 radical (unpaired) electrons. The van der Waals surface area contributed by atoms with Crippen molar-refractivity contribution in [3.8, 4) is 5.75 Å². The van der Waals surface area contributed by atoms with Gasteiger partial charge in [-0.2, -0.15) is 0 Å². The third kappa shape index (κ3) is 2.98. The van der Waals surface area contributed by atoms with E-state index < -0.39 is 6.36 Å². The van der Waals surface area contributed by atoms with E-state index in [1.165, 1.54) is 6.92 Å². The number of alkyl halides is 3. The van der Waals surface area contributed by atoms with Crippen LogP contribution in [0.25, 0.3) is 0 Å². The number of halogens is 3. The van der Waals surface area contributed by atoms with E-state index in [0.717, 1.165) is 6.07 Å². The summed E-state index contributed by atoms with van der Waals surface area (Å²) in [5, 5.41) is 0. The lowest BCUT2D eigenvalue weighted by Gasteiger charge is -2.12. The second-order valence-electron chi connectivity index (χ2n) is 2.87. The van der Waals surface area contributed by atoms with E-state index >= 15 is 0 Å². The Morgan fingerprint density at radius 2 is 2.07 bits per heavy atom. The van der Waals surface area contributed by atoms with Crippen LogP contribution in [0.1, 0.15) is 11.3 Å². The summed E-state index contributed by atoms with van der Waals surface area (Å²) in [6.45, 7) is 1.38. The van der Waals surface area contributed by atoms with Crippen LogP contribution in [0.2, 0.25) is 0 Å². The Balaban J connectivity index is 3.08. The van der Waals surface area contributed by atoms with E-state index in [9.17, 15) is 13.2 Å². The highest BCUT2D eigenvalue weighted by Gasteiger charge is 2.32. The molecule has 0 unspecified atom stereocenters. The number of hydrogen-bond acceptors (Lipinski definition) is 4. The molecule has 1 aromatic rings. The van der Waals surface area contributed by atoms with E-state index in [4.69, 9.17) is 11.5 Å². The van der Waals surface area contributed by atoms with Crippen molar-refractivity contribution in [1.29, 1.82) is 0 Å². The fourth-order valence-corrected chi connectivity index (χ4v) is 1.04. The van der Waals surface area contributed by atoms with Gasteiger partial charge >= 0.3 is 6.36 Å². The molecule has 0 bridgehead atoms. The van der Waals surface area contributed by atoms with Crippen molar-refractivity contribution >= 4 is 5.82 Å². The van der Waals surface area contributed by atoms with Crippen LogP contribution < -0.4 is 16.2 Å². The molecule has 84 valence electrons. The molecule has 0 aliphatic carbocycles. The number of anilines is 1. The van der Waals surface area contributed by atoms with E-state index in [2.05, 4.69) is 9.72 Å². The Bertz CT molecular complexity index is 365. The number of pyridine rings is 1. The summed E-state index contributed by atoms with van der Waals surface area (Å²) >= 11 is 0. The minimum Gasteiger partial charge on any atom is -0.404 e. The summed E-state index contributed by atoms with van der Waals surface area (Å²) < 4.78 is 39.6. The van der Waals surface area contributed by atoms with Crippen molar-refractivity contribution in [3.05, 3.63) is 17.3 Å². The Morgan fingerprint density at radius 1 is 1.47 bits per heavy atom. The lowest BCUT2D eigenvalue weighted by atomic mass is 10.2. The van der Waals surface area contributed by atoms with Gasteiger partial charge < -0.3 is 16.2 Å². The van der Waals surface area contributed by atoms with Crippen LogP contribution in [-0.2, 0) is 6.54 Å². The second kappa shape index (κ2) is 3.93. The Hall–Kier alpha value is -1.50. The topological polar surface area (TPSA) is 74.2 Å². The molecule has 0 saturated carbocycles. The molecule has 15 heavy (non-hydrogen) atoms. The number of nitrogens with two attached hydrogens (primary N) is 2. The SMILES string of the molecule is Cc1nc(N)c(CN)cc1OC(F)(F)F. The molecule has 0 aliphatic heterocycles. The molecule has 0 spiro atoms. The van der Waals surface area contributed by atoms with Crippen molar-refractivity contribution in [2.24, 2.45) is 5.73 Å². The maximum Gasteiger partial charge on any atom is 0.573 e. The first-order valence-electron chi connectivity index (χ1n) is 4.05. The standard InChI is InChI=1S/C8H10F3N3O/c1-4-6(15-8(9,10)11)2-5(3-12)7(13)14-4/h2H,3,12H2,1H3,(H2,13,14). The zero-order valence-corrected chi connectivity index (χ0v) is 7.93. The van der Waals surface area contributed by atoms with E-state index in [1.54, 1.807) is 0 Å². The zero-order chi connectivity index (χ0) is 11.6. The van der Waals surface area contributed by atoms with Crippen molar-refractivity contribution in [2.75, 3.05) is 5.73 Å². The number of aryl methyl sites for hydroxylation is 1. The molecule has 0 fully saturated rings. The van der Waals surface area contributed by atoms with Gasteiger partial charge in [0.15, 0.2) is 5.75 Å². The Labute approximate surface area is 84.0 Å². The van der Waals surface area contributed by atoms with Crippen LogP contribution in [-0.4, -0.2) is 11.3 Å². The molecule has 0 aliphatic rings. The van der Waals surface area contributed by atoms with Crippen LogP contribution in [0.15, 0.2) is 6.07 Å². The molecule has 0 saturated heterocycles. The number of aromatic nitrogens is 1. The van der Waals surface area contributed by atoms with Gasteiger partial charge in [-0.25, -0.2) is 4.98 Å². The molecule has 1 heterocycles. The maximum atomic E-state index is 11.9. The molecule has 0 aromatic carbocycles. The summed E-state index contributed by atoms with van der Waals surface area (Å²) in [4.78, 5) is 3.70. The maximum absolute atomic E-state index is 11.9.